The minimum atomic E-state index is -0.365. The Morgan fingerprint density at radius 1 is 1.07 bits per heavy atom. The molecule has 0 atom stereocenters. The van der Waals surface area contributed by atoms with Crippen molar-refractivity contribution in [1.82, 2.24) is 4.98 Å². The fourth-order valence-corrected chi connectivity index (χ4v) is 1.88. The van der Waals surface area contributed by atoms with Crippen molar-refractivity contribution in [2.45, 2.75) is 0 Å². The molecule has 0 bridgehead atoms. The van der Waals surface area contributed by atoms with Crippen LogP contribution >= 0.6 is 23.2 Å². The van der Waals surface area contributed by atoms with E-state index in [4.69, 9.17) is 23.2 Å². The molecule has 1 aromatic carbocycles. The molecule has 1 heterocycles. The van der Waals surface area contributed by atoms with Crippen molar-refractivity contribution in [2.75, 3.05) is 0 Å². The topological polar surface area (TPSA) is 12.9 Å². The van der Waals surface area contributed by atoms with Gasteiger partial charge in [-0.1, -0.05) is 29.3 Å². The second-order valence-corrected chi connectivity index (χ2v) is 3.77. The fraction of sp³-hybridized carbons (Fsp3) is 0. The third-order valence-corrected chi connectivity index (χ3v) is 2.57. The monoisotopic (exact) mass is 241 g/mol. The van der Waals surface area contributed by atoms with Crippen molar-refractivity contribution in [3.05, 3.63) is 52.4 Å². The number of aromatic nitrogens is 1. The summed E-state index contributed by atoms with van der Waals surface area (Å²) in [4.78, 5) is 4.02. The zero-order chi connectivity index (χ0) is 10.8. The van der Waals surface area contributed by atoms with Gasteiger partial charge in [0, 0.05) is 17.8 Å². The predicted octanol–water partition coefficient (Wildman–Crippen LogP) is 4.19. The van der Waals surface area contributed by atoms with Crippen LogP contribution in [0.1, 0.15) is 0 Å². The maximum Gasteiger partial charge on any atom is 0.126 e. The Morgan fingerprint density at radius 2 is 1.73 bits per heavy atom. The summed E-state index contributed by atoms with van der Waals surface area (Å²) in [6.45, 7) is 0. The zero-order valence-corrected chi connectivity index (χ0v) is 9.06. The molecule has 0 fully saturated rings. The van der Waals surface area contributed by atoms with Crippen molar-refractivity contribution < 1.29 is 4.39 Å². The molecule has 0 radical (unpaired) electrons. The first kappa shape index (κ1) is 10.4. The summed E-state index contributed by atoms with van der Waals surface area (Å²) in [7, 11) is 0. The normalized spacial score (nSPS) is 10.3. The second kappa shape index (κ2) is 4.17. The van der Waals surface area contributed by atoms with Gasteiger partial charge in [-0.2, -0.15) is 0 Å². The Labute approximate surface area is 96.5 Å². The molecule has 1 aromatic heterocycles. The molecule has 0 N–H and O–H groups in total. The molecule has 0 amide bonds. The average Bonchev–Trinajstić information content (AvgIpc) is 2.17. The lowest BCUT2D eigenvalue weighted by Gasteiger charge is -2.05. The van der Waals surface area contributed by atoms with Crippen LogP contribution in [0, 0.1) is 5.82 Å². The molecule has 2 aromatic rings. The Hall–Kier alpha value is -1.12. The smallest absolute Gasteiger partial charge is 0.126 e. The van der Waals surface area contributed by atoms with Crippen molar-refractivity contribution in [1.29, 1.82) is 0 Å². The molecule has 0 aliphatic heterocycles. The Kier molecular flexibility index (Phi) is 2.89. The number of hydrogen-bond donors (Lipinski definition) is 0. The van der Waals surface area contributed by atoms with E-state index in [0.29, 0.717) is 21.3 Å². The third-order valence-electron chi connectivity index (χ3n) is 1.94. The quantitative estimate of drug-likeness (QED) is 0.730. The van der Waals surface area contributed by atoms with E-state index in [1.165, 1.54) is 18.3 Å². The van der Waals surface area contributed by atoms with Crippen molar-refractivity contribution in [3.63, 3.8) is 0 Å². The van der Waals surface area contributed by atoms with Gasteiger partial charge in [-0.3, -0.25) is 4.98 Å². The summed E-state index contributed by atoms with van der Waals surface area (Å²) in [6, 6.07) is 7.68. The number of rotatable bonds is 1. The predicted molar refractivity (Wildman–Crippen MR) is 59.7 cm³/mol. The number of benzene rings is 1. The lowest BCUT2D eigenvalue weighted by atomic mass is 10.1. The van der Waals surface area contributed by atoms with E-state index < -0.39 is 0 Å². The van der Waals surface area contributed by atoms with Crippen LogP contribution in [-0.4, -0.2) is 4.98 Å². The van der Waals surface area contributed by atoms with Gasteiger partial charge in [0.15, 0.2) is 0 Å². The van der Waals surface area contributed by atoms with Crippen LogP contribution in [0.2, 0.25) is 10.0 Å². The highest BCUT2D eigenvalue weighted by Crippen LogP contribution is 2.33. The summed E-state index contributed by atoms with van der Waals surface area (Å²) in [5.41, 5.74) is 0.992. The Morgan fingerprint density at radius 3 is 2.33 bits per heavy atom. The lowest BCUT2D eigenvalue weighted by molar-refractivity contribution is 0.626. The summed E-state index contributed by atoms with van der Waals surface area (Å²) < 4.78 is 13.0. The molecule has 0 aliphatic rings. The van der Waals surface area contributed by atoms with Gasteiger partial charge in [-0.05, 0) is 18.2 Å². The molecule has 0 saturated carbocycles. The minimum absolute atomic E-state index is 0.365. The van der Waals surface area contributed by atoms with Gasteiger partial charge in [0.25, 0.3) is 0 Å². The van der Waals surface area contributed by atoms with Crippen molar-refractivity contribution in [2.24, 2.45) is 0 Å². The van der Waals surface area contributed by atoms with Gasteiger partial charge < -0.3 is 0 Å². The fourth-order valence-electron chi connectivity index (χ4n) is 1.28. The lowest BCUT2D eigenvalue weighted by Crippen LogP contribution is -1.87. The zero-order valence-electron chi connectivity index (χ0n) is 7.55. The average molecular weight is 242 g/mol. The Bertz CT molecular complexity index is 479. The summed E-state index contributed by atoms with van der Waals surface area (Å²) in [6.07, 6.45) is 1.38. The van der Waals surface area contributed by atoms with Crippen LogP contribution in [0.4, 0.5) is 4.39 Å². The van der Waals surface area contributed by atoms with Crippen LogP contribution in [0.15, 0.2) is 36.5 Å². The van der Waals surface area contributed by atoms with Crippen LogP contribution in [0.25, 0.3) is 11.3 Å². The largest absolute Gasteiger partial charge is 0.256 e. The third kappa shape index (κ3) is 2.11. The summed E-state index contributed by atoms with van der Waals surface area (Å²) in [5, 5.41) is 0.918. The van der Waals surface area contributed by atoms with Crippen LogP contribution < -0.4 is 0 Å². The van der Waals surface area contributed by atoms with E-state index in [1.807, 2.05) is 0 Å². The summed E-state index contributed by atoms with van der Waals surface area (Å²) in [5.74, 6) is -0.365. The molecule has 4 heteroatoms. The van der Waals surface area contributed by atoms with Gasteiger partial charge in [-0.25, -0.2) is 4.39 Å². The first-order valence-electron chi connectivity index (χ1n) is 4.24. The number of hydrogen-bond acceptors (Lipinski definition) is 1. The molecular weight excluding hydrogens is 236 g/mol. The number of pyridine rings is 1. The van der Waals surface area contributed by atoms with Crippen molar-refractivity contribution >= 4 is 23.2 Å². The van der Waals surface area contributed by atoms with E-state index >= 15 is 0 Å². The van der Waals surface area contributed by atoms with E-state index in [-0.39, 0.29) is 5.82 Å². The molecular formula is C11H6Cl2FN. The molecule has 1 nitrogen and oxygen atoms in total. The molecule has 15 heavy (non-hydrogen) atoms. The van der Waals surface area contributed by atoms with Gasteiger partial charge >= 0.3 is 0 Å². The van der Waals surface area contributed by atoms with E-state index in [9.17, 15) is 4.39 Å². The molecule has 0 spiro atoms. The van der Waals surface area contributed by atoms with Gasteiger partial charge in [0.05, 0.1) is 15.7 Å². The molecule has 0 saturated heterocycles. The number of nitrogens with zero attached hydrogens (tertiary/aromatic N) is 1. The summed E-state index contributed by atoms with van der Waals surface area (Å²) >= 11 is 11.9. The molecule has 0 unspecified atom stereocenters. The molecule has 76 valence electrons. The van der Waals surface area contributed by atoms with Gasteiger partial charge in [0.2, 0.25) is 0 Å². The first-order chi connectivity index (χ1) is 7.18. The highest BCUT2D eigenvalue weighted by molar-refractivity contribution is 6.39. The van der Waals surface area contributed by atoms with Crippen molar-refractivity contribution in [3.8, 4) is 11.3 Å². The molecule has 2 rings (SSSR count). The van der Waals surface area contributed by atoms with Crippen LogP contribution in [-0.2, 0) is 0 Å². The standard InChI is InChI=1S/C11H6Cl2FN/c12-8-2-1-3-9(13)11(8)10-6-7(14)4-5-15-10/h1-6H. The van der Waals surface area contributed by atoms with E-state index in [0.717, 1.165) is 0 Å². The van der Waals surface area contributed by atoms with E-state index in [2.05, 4.69) is 4.98 Å². The highest BCUT2D eigenvalue weighted by atomic mass is 35.5. The van der Waals surface area contributed by atoms with Gasteiger partial charge in [-0.15, -0.1) is 0 Å². The maximum atomic E-state index is 13.0. The van der Waals surface area contributed by atoms with Crippen LogP contribution in [0.5, 0.6) is 0 Å². The highest BCUT2D eigenvalue weighted by Gasteiger charge is 2.09. The van der Waals surface area contributed by atoms with E-state index in [1.54, 1.807) is 18.2 Å². The minimum Gasteiger partial charge on any atom is -0.256 e. The number of halogens is 3. The molecule has 0 aliphatic carbocycles. The van der Waals surface area contributed by atoms with Gasteiger partial charge in [0.1, 0.15) is 5.82 Å². The SMILES string of the molecule is Fc1ccnc(-c2c(Cl)cccc2Cl)c1. The van der Waals surface area contributed by atoms with Crippen LogP contribution in [0.3, 0.4) is 0 Å². The maximum absolute atomic E-state index is 13.0. The first-order valence-corrected chi connectivity index (χ1v) is 5.00. The Balaban J connectivity index is 2.63. The second-order valence-electron chi connectivity index (χ2n) is 2.96.